The van der Waals surface area contributed by atoms with Crippen molar-refractivity contribution in [2.75, 3.05) is 51.3 Å². The number of pyridine rings is 1. The smallest absolute Gasteiger partial charge is 0.417 e. The molecule has 1 aliphatic rings. The Morgan fingerprint density at radius 2 is 1.84 bits per heavy atom. The van der Waals surface area contributed by atoms with Crippen LogP contribution in [0.3, 0.4) is 0 Å². The lowest BCUT2D eigenvalue weighted by Gasteiger charge is -2.42. The Bertz CT molecular complexity index is 1700. The highest BCUT2D eigenvalue weighted by Crippen LogP contribution is 2.35. The number of carbonyl (C=O) groups is 3. The van der Waals surface area contributed by atoms with Gasteiger partial charge in [-0.05, 0) is 64.4 Å². The highest BCUT2D eigenvalue weighted by molar-refractivity contribution is 6.30. The molecule has 0 saturated carbocycles. The molecule has 3 aromatic rings. The Labute approximate surface area is 293 Å². The maximum absolute atomic E-state index is 13.8. The molecule has 1 saturated heterocycles. The molecule has 12 nitrogen and oxygen atoms in total. The topological polar surface area (TPSA) is 130 Å². The van der Waals surface area contributed by atoms with E-state index in [1.54, 1.807) is 46.1 Å². The first kappa shape index (κ1) is 38.1. The van der Waals surface area contributed by atoms with Gasteiger partial charge in [0.2, 0.25) is 5.88 Å². The van der Waals surface area contributed by atoms with Crippen molar-refractivity contribution in [3.05, 3.63) is 64.6 Å². The van der Waals surface area contributed by atoms with Crippen LogP contribution in [0.25, 0.3) is 11.3 Å². The lowest BCUT2D eigenvalue weighted by molar-refractivity contribution is -0.138. The summed E-state index contributed by atoms with van der Waals surface area (Å²) in [6.07, 6.45) is -1.79. The molecule has 1 aliphatic heterocycles. The van der Waals surface area contributed by atoms with Crippen molar-refractivity contribution >= 4 is 35.3 Å². The van der Waals surface area contributed by atoms with E-state index < -0.39 is 46.9 Å². The van der Waals surface area contributed by atoms with Gasteiger partial charge < -0.3 is 29.5 Å². The third-order valence-electron chi connectivity index (χ3n) is 7.77. The predicted molar refractivity (Wildman–Crippen MR) is 181 cm³/mol. The van der Waals surface area contributed by atoms with Gasteiger partial charge in [-0.3, -0.25) is 9.59 Å². The zero-order valence-corrected chi connectivity index (χ0v) is 29.6. The van der Waals surface area contributed by atoms with E-state index in [0.29, 0.717) is 30.2 Å². The summed E-state index contributed by atoms with van der Waals surface area (Å²) in [5.74, 6) is -0.810. The molecular weight excluding hydrogens is 679 g/mol. The summed E-state index contributed by atoms with van der Waals surface area (Å²) in [7, 11) is 1.55. The lowest BCUT2D eigenvalue weighted by Crippen LogP contribution is -2.55. The van der Waals surface area contributed by atoms with E-state index in [0.717, 1.165) is 12.1 Å². The summed E-state index contributed by atoms with van der Waals surface area (Å²) >= 11 is 5.83. The SMILES string of the molecule is CCOc1ncccc1-c1cnc(N2CCN(C(=O)c3ccc(Cl)cc3C(F)(F)F)C[C@H]2CC)c(C(=O)NCCN(C)C(=O)OC(C)(C)C)n1. The van der Waals surface area contributed by atoms with E-state index in [1.165, 1.54) is 22.1 Å². The van der Waals surface area contributed by atoms with Crippen molar-refractivity contribution in [2.45, 2.75) is 58.9 Å². The van der Waals surface area contributed by atoms with Gasteiger partial charge in [-0.2, -0.15) is 13.2 Å². The van der Waals surface area contributed by atoms with E-state index in [2.05, 4.69) is 15.3 Å². The van der Waals surface area contributed by atoms with E-state index in [1.807, 2.05) is 18.7 Å². The van der Waals surface area contributed by atoms with Crippen LogP contribution in [0.4, 0.5) is 23.8 Å². The van der Waals surface area contributed by atoms with Crippen LogP contribution < -0.4 is 15.0 Å². The minimum Gasteiger partial charge on any atom is -0.477 e. The number of nitrogens with one attached hydrogen (secondary N) is 1. The summed E-state index contributed by atoms with van der Waals surface area (Å²) in [6, 6.07) is 6.11. The van der Waals surface area contributed by atoms with E-state index >= 15 is 0 Å². The summed E-state index contributed by atoms with van der Waals surface area (Å²) in [5, 5.41) is 2.68. The number of nitrogens with zero attached hydrogens (tertiary/aromatic N) is 6. The Balaban J connectivity index is 1.63. The number of alkyl halides is 3. The molecule has 0 radical (unpaired) electrons. The van der Waals surface area contributed by atoms with Crippen LogP contribution in [0.1, 0.15) is 67.4 Å². The average Bonchev–Trinajstić information content (AvgIpc) is 3.06. The van der Waals surface area contributed by atoms with Crippen LogP contribution in [0.5, 0.6) is 5.88 Å². The molecule has 4 rings (SSSR count). The molecule has 0 aliphatic carbocycles. The predicted octanol–water partition coefficient (Wildman–Crippen LogP) is 5.95. The molecule has 1 atom stereocenters. The van der Waals surface area contributed by atoms with Gasteiger partial charge in [0.1, 0.15) is 5.60 Å². The van der Waals surface area contributed by atoms with Crippen LogP contribution >= 0.6 is 11.6 Å². The third-order valence-corrected chi connectivity index (χ3v) is 8.00. The number of hydrogen-bond acceptors (Lipinski definition) is 9. The van der Waals surface area contributed by atoms with Gasteiger partial charge in [-0.25, -0.2) is 19.7 Å². The van der Waals surface area contributed by atoms with Gasteiger partial charge in [0, 0.05) is 57.0 Å². The normalized spacial score (nSPS) is 15.0. The second kappa shape index (κ2) is 15.9. The zero-order valence-electron chi connectivity index (χ0n) is 28.8. The molecule has 0 unspecified atom stereocenters. The lowest BCUT2D eigenvalue weighted by atomic mass is 10.0. The van der Waals surface area contributed by atoms with Crippen LogP contribution in [-0.4, -0.2) is 101 Å². The van der Waals surface area contributed by atoms with Crippen molar-refractivity contribution < 1.29 is 37.0 Å². The summed E-state index contributed by atoms with van der Waals surface area (Å²) in [6.45, 7) is 9.77. The standard InChI is InChI=1S/C34H41ClF3N7O5/c1-7-22-20-44(31(47)23-12-11-21(35)18-25(23)34(36,37)38)16-17-45(22)28-27(29(46)39-14-15-43(6)32(48)50-33(3,4)5)42-26(19-41-28)24-10-9-13-40-30(24)49-8-2/h9-13,18-19,22H,7-8,14-17,20H2,1-6H3,(H,39,46)/t22-/m1/s1. The fourth-order valence-electron chi connectivity index (χ4n) is 5.34. The van der Waals surface area contributed by atoms with E-state index in [9.17, 15) is 27.6 Å². The second-order valence-electron chi connectivity index (χ2n) is 12.6. The van der Waals surface area contributed by atoms with Gasteiger partial charge >= 0.3 is 12.3 Å². The van der Waals surface area contributed by atoms with Crippen LogP contribution in [0.15, 0.2) is 42.7 Å². The molecule has 270 valence electrons. The minimum atomic E-state index is -4.78. The molecule has 16 heteroatoms. The van der Waals surface area contributed by atoms with Crippen molar-refractivity contribution in [2.24, 2.45) is 0 Å². The molecule has 0 bridgehead atoms. The first-order valence-corrected chi connectivity index (χ1v) is 16.5. The fourth-order valence-corrected chi connectivity index (χ4v) is 5.51. The molecule has 50 heavy (non-hydrogen) atoms. The third kappa shape index (κ3) is 9.31. The van der Waals surface area contributed by atoms with E-state index in [4.69, 9.17) is 26.1 Å². The van der Waals surface area contributed by atoms with Gasteiger partial charge in [-0.15, -0.1) is 0 Å². The number of likely N-dealkylation sites (N-methyl/N-ethyl adjacent to an activating group) is 1. The number of benzene rings is 1. The number of hydrogen-bond donors (Lipinski definition) is 1. The first-order valence-electron chi connectivity index (χ1n) is 16.1. The zero-order chi connectivity index (χ0) is 36.8. The highest BCUT2D eigenvalue weighted by Gasteiger charge is 2.39. The Morgan fingerprint density at radius 3 is 2.50 bits per heavy atom. The number of ether oxygens (including phenoxy) is 2. The molecule has 2 aromatic heterocycles. The molecule has 0 spiro atoms. The second-order valence-corrected chi connectivity index (χ2v) is 13.0. The van der Waals surface area contributed by atoms with Crippen molar-refractivity contribution in [3.63, 3.8) is 0 Å². The highest BCUT2D eigenvalue weighted by atomic mass is 35.5. The number of carbonyl (C=O) groups excluding carboxylic acids is 3. The Hall–Kier alpha value is -4.66. The fraction of sp³-hybridized carbons (Fsp3) is 0.471. The molecule has 3 heterocycles. The molecular formula is C34H41ClF3N7O5. The van der Waals surface area contributed by atoms with E-state index in [-0.39, 0.29) is 49.3 Å². The van der Waals surface area contributed by atoms with Crippen molar-refractivity contribution in [1.82, 2.24) is 30.1 Å². The maximum atomic E-state index is 13.8. The minimum absolute atomic E-state index is 0.0241. The van der Waals surface area contributed by atoms with Gasteiger partial charge in [-0.1, -0.05) is 18.5 Å². The van der Waals surface area contributed by atoms with Crippen LogP contribution in [0, 0.1) is 0 Å². The quantitative estimate of drug-likeness (QED) is 0.270. The molecule has 1 aromatic carbocycles. The number of anilines is 1. The average molecular weight is 720 g/mol. The summed E-state index contributed by atoms with van der Waals surface area (Å²) < 4.78 is 52.6. The Morgan fingerprint density at radius 1 is 1.10 bits per heavy atom. The number of aromatic nitrogens is 3. The largest absolute Gasteiger partial charge is 0.477 e. The number of rotatable bonds is 10. The number of halogens is 4. The summed E-state index contributed by atoms with van der Waals surface area (Å²) in [5.41, 5.74) is -1.48. The molecule has 3 amide bonds. The van der Waals surface area contributed by atoms with Crippen LogP contribution in [-0.2, 0) is 10.9 Å². The van der Waals surface area contributed by atoms with Crippen molar-refractivity contribution in [3.8, 4) is 17.1 Å². The van der Waals surface area contributed by atoms with Crippen LogP contribution in [0.2, 0.25) is 5.02 Å². The molecule has 1 fully saturated rings. The number of piperazine rings is 1. The van der Waals surface area contributed by atoms with Gasteiger partial charge in [0.15, 0.2) is 11.5 Å². The maximum Gasteiger partial charge on any atom is 0.417 e. The number of amides is 3. The summed E-state index contributed by atoms with van der Waals surface area (Å²) in [4.78, 5) is 57.9. The van der Waals surface area contributed by atoms with Crippen molar-refractivity contribution in [1.29, 1.82) is 0 Å². The van der Waals surface area contributed by atoms with Gasteiger partial charge in [0.05, 0.1) is 35.2 Å². The Kier molecular flexibility index (Phi) is 12.1. The molecule has 1 N–H and O–H groups in total. The first-order chi connectivity index (χ1) is 23.5. The monoisotopic (exact) mass is 719 g/mol. The van der Waals surface area contributed by atoms with Gasteiger partial charge in [0.25, 0.3) is 11.8 Å².